The van der Waals surface area contributed by atoms with Crippen molar-refractivity contribution in [3.63, 3.8) is 0 Å². The van der Waals surface area contributed by atoms with E-state index in [0.29, 0.717) is 12.4 Å². The first-order valence-electron chi connectivity index (χ1n) is 5.56. The van der Waals surface area contributed by atoms with Crippen LogP contribution >= 0.6 is 0 Å². The quantitative estimate of drug-likeness (QED) is 0.548. The molecule has 1 heterocycles. The Kier molecular flexibility index (Phi) is 4.11. The average Bonchev–Trinajstić information content (AvgIpc) is 2.45. The first-order chi connectivity index (χ1) is 8.83. The minimum absolute atomic E-state index is 0.0476. The fraction of sp³-hybridized carbons (Fsp3) is 0.154. The van der Waals surface area contributed by atoms with Gasteiger partial charge < -0.3 is 15.3 Å². The molecular formula is C13H15N3O2. The number of hydrazine groups is 1. The van der Waals surface area contributed by atoms with Gasteiger partial charge in [0.1, 0.15) is 12.4 Å². The monoisotopic (exact) mass is 245 g/mol. The number of nitrogens with one attached hydrogen (secondary N) is 1. The molecule has 0 bridgehead atoms. The van der Waals surface area contributed by atoms with E-state index in [1.165, 1.54) is 0 Å². The lowest BCUT2D eigenvalue weighted by atomic mass is 10.2. The highest BCUT2D eigenvalue weighted by molar-refractivity contribution is 5.41. The molecule has 0 amide bonds. The van der Waals surface area contributed by atoms with E-state index in [2.05, 4.69) is 10.4 Å². The number of aromatic nitrogens is 1. The number of rotatable bonds is 5. The second kappa shape index (κ2) is 6.00. The minimum atomic E-state index is -0.0476. The van der Waals surface area contributed by atoms with Gasteiger partial charge in [-0.15, -0.1) is 0 Å². The van der Waals surface area contributed by atoms with Gasteiger partial charge in [-0.25, -0.2) is 0 Å². The molecule has 0 aliphatic heterocycles. The number of aliphatic hydroxyl groups is 1. The van der Waals surface area contributed by atoms with E-state index in [9.17, 15) is 5.11 Å². The summed E-state index contributed by atoms with van der Waals surface area (Å²) in [5.74, 6) is 5.98. The number of para-hydroxylation sites is 1. The maximum Gasteiger partial charge on any atom is 0.130 e. The van der Waals surface area contributed by atoms with Crippen LogP contribution in [0.1, 0.15) is 11.3 Å². The number of nitrogens with two attached hydrogens (primary N) is 1. The summed E-state index contributed by atoms with van der Waals surface area (Å²) in [7, 11) is 0. The van der Waals surface area contributed by atoms with Gasteiger partial charge in [-0.3, -0.25) is 10.8 Å². The van der Waals surface area contributed by atoms with Crippen molar-refractivity contribution in [1.82, 2.24) is 4.98 Å². The number of hydrogen-bond donors (Lipinski definition) is 3. The van der Waals surface area contributed by atoms with Crippen LogP contribution in [0.4, 0.5) is 5.69 Å². The molecule has 0 aliphatic carbocycles. The molecule has 4 N–H and O–H groups in total. The predicted molar refractivity (Wildman–Crippen MR) is 68.7 cm³/mol. The smallest absolute Gasteiger partial charge is 0.130 e. The predicted octanol–water partition coefficient (Wildman–Crippen LogP) is 1.44. The summed E-state index contributed by atoms with van der Waals surface area (Å²) < 4.78 is 5.62. The Morgan fingerprint density at radius 2 is 2.11 bits per heavy atom. The largest absolute Gasteiger partial charge is 0.487 e. The summed E-state index contributed by atoms with van der Waals surface area (Å²) in [6, 6.07) is 10.9. The summed E-state index contributed by atoms with van der Waals surface area (Å²) in [6.07, 6.45) is 1.66. The van der Waals surface area contributed by atoms with E-state index in [4.69, 9.17) is 10.6 Å². The van der Waals surface area contributed by atoms with Crippen molar-refractivity contribution in [2.75, 3.05) is 5.43 Å². The third kappa shape index (κ3) is 2.97. The Hall–Kier alpha value is -2.11. The number of nitrogens with zero attached hydrogens (tertiary/aromatic N) is 1. The molecule has 0 spiro atoms. The Morgan fingerprint density at radius 3 is 2.89 bits per heavy atom. The number of pyridine rings is 1. The fourth-order valence-corrected chi connectivity index (χ4v) is 1.57. The van der Waals surface area contributed by atoms with Gasteiger partial charge in [0.05, 0.1) is 18.0 Å². The molecule has 0 aliphatic rings. The highest BCUT2D eigenvalue weighted by Gasteiger charge is 2.03. The van der Waals surface area contributed by atoms with Gasteiger partial charge in [-0.05, 0) is 18.2 Å². The van der Waals surface area contributed by atoms with Crippen molar-refractivity contribution in [3.8, 4) is 5.75 Å². The van der Waals surface area contributed by atoms with Gasteiger partial charge in [-0.1, -0.05) is 18.2 Å². The molecule has 5 nitrogen and oxygen atoms in total. The molecule has 0 atom stereocenters. The number of aliphatic hydroxyl groups excluding tert-OH is 1. The van der Waals surface area contributed by atoms with Gasteiger partial charge in [-0.2, -0.15) is 0 Å². The normalized spacial score (nSPS) is 10.1. The molecule has 1 aromatic carbocycles. The van der Waals surface area contributed by atoms with Crippen LogP contribution in [-0.2, 0) is 13.2 Å². The van der Waals surface area contributed by atoms with E-state index in [0.717, 1.165) is 16.9 Å². The lowest BCUT2D eigenvalue weighted by molar-refractivity contribution is 0.257. The molecule has 0 unspecified atom stereocenters. The van der Waals surface area contributed by atoms with Crippen molar-refractivity contribution in [2.24, 2.45) is 5.84 Å². The van der Waals surface area contributed by atoms with Crippen LogP contribution in [-0.4, -0.2) is 10.1 Å². The number of nitrogen functional groups attached to an aromatic ring is 1. The molecule has 0 fully saturated rings. The molecule has 18 heavy (non-hydrogen) atoms. The number of anilines is 1. The second-order valence-electron chi connectivity index (χ2n) is 3.73. The molecule has 0 saturated heterocycles. The van der Waals surface area contributed by atoms with E-state index < -0.39 is 0 Å². The van der Waals surface area contributed by atoms with E-state index in [1.807, 2.05) is 30.3 Å². The van der Waals surface area contributed by atoms with Crippen molar-refractivity contribution in [1.29, 1.82) is 0 Å². The molecule has 5 heteroatoms. The Morgan fingerprint density at radius 1 is 1.28 bits per heavy atom. The van der Waals surface area contributed by atoms with Gasteiger partial charge in [0.15, 0.2) is 0 Å². The SMILES string of the molecule is NNc1ccnc(COc2ccccc2CO)c1. The molecule has 0 saturated carbocycles. The number of hydrogen-bond acceptors (Lipinski definition) is 5. The summed E-state index contributed by atoms with van der Waals surface area (Å²) in [4.78, 5) is 4.17. The Bertz CT molecular complexity index is 517. The average molecular weight is 245 g/mol. The van der Waals surface area contributed by atoms with Crippen LogP contribution in [0.5, 0.6) is 5.75 Å². The van der Waals surface area contributed by atoms with Gasteiger partial charge in [0.25, 0.3) is 0 Å². The minimum Gasteiger partial charge on any atom is -0.487 e. The lowest BCUT2D eigenvalue weighted by Crippen LogP contribution is -2.08. The van der Waals surface area contributed by atoms with Crippen molar-refractivity contribution >= 4 is 5.69 Å². The first kappa shape index (κ1) is 12.3. The third-order valence-corrected chi connectivity index (χ3v) is 2.50. The Labute approximate surface area is 105 Å². The molecule has 2 rings (SSSR count). The van der Waals surface area contributed by atoms with Crippen LogP contribution in [0.3, 0.4) is 0 Å². The standard InChI is InChI=1S/C13H15N3O2/c14-16-11-5-6-15-12(7-11)9-18-13-4-2-1-3-10(13)8-17/h1-7,17H,8-9,14H2,(H,15,16). The molecule has 1 aromatic heterocycles. The summed E-state index contributed by atoms with van der Waals surface area (Å²) in [6.45, 7) is 0.278. The van der Waals surface area contributed by atoms with Crippen molar-refractivity contribution in [3.05, 3.63) is 53.9 Å². The fourth-order valence-electron chi connectivity index (χ4n) is 1.57. The molecule has 0 radical (unpaired) electrons. The topological polar surface area (TPSA) is 80.4 Å². The summed E-state index contributed by atoms with van der Waals surface area (Å²) >= 11 is 0. The number of benzene rings is 1. The molecule has 2 aromatic rings. The van der Waals surface area contributed by atoms with E-state index in [-0.39, 0.29) is 6.61 Å². The first-order valence-corrected chi connectivity index (χ1v) is 5.56. The summed E-state index contributed by atoms with van der Waals surface area (Å²) in [5.41, 5.74) is 4.85. The number of ether oxygens (including phenoxy) is 1. The van der Waals surface area contributed by atoms with Gasteiger partial charge >= 0.3 is 0 Å². The van der Waals surface area contributed by atoms with Crippen molar-refractivity contribution in [2.45, 2.75) is 13.2 Å². The van der Waals surface area contributed by atoms with Crippen LogP contribution < -0.4 is 16.0 Å². The maximum atomic E-state index is 9.18. The zero-order valence-electron chi connectivity index (χ0n) is 9.84. The van der Waals surface area contributed by atoms with E-state index in [1.54, 1.807) is 12.3 Å². The zero-order valence-corrected chi connectivity index (χ0v) is 9.84. The Balaban J connectivity index is 2.06. The molecule has 94 valence electrons. The van der Waals surface area contributed by atoms with Gasteiger partial charge in [0.2, 0.25) is 0 Å². The van der Waals surface area contributed by atoms with Crippen LogP contribution in [0, 0.1) is 0 Å². The van der Waals surface area contributed by atoms with Gasteiger partial charge in [0, 0.05) is 11.8 Å². The molecular weight excluding hydrogens is 230 g/mol. The van der Waals surface area contributed by atoms with Crippen LogP contribution in [0.25, 0.3) is 0 Å². The van der Waals surface area contributed by atoms with Crippen LogP contribution in [0.15, 0.2) is 42.6 Å². The lowest BCUT2D eigenvalue weighted by Gasteiger charge is -2.10. The highest BCUT2D eigenvalue weighted by Crippen LogP contribution is 2.19. The van der Waals surface area contributed by atoms with Crippen LogP contribution in [0.2, 0.25) is 0 Å². The second-order valence-corrected chi connectivity index (χ2v) is 3.73. The van der Waals surface area contributed by atoms with Crippen molar-refractivity contribution < 1.29 is 9.84 Å². The van der Waals surface area contributed by atoms with E-state index >= 15 is 0 Å². The maximum absolute atomic E-state index is 9.18. The highest BCUT2D eigenvalue weighted by atomic mass is 16.5. The summed E-state index contributed by atoms with van der Waals surface area (Å²) in [5, 5.41) is 9.18. The zero-order chi connectivity index (χ0) is 12.8. The third-order valence-electron chi connectivity index (χ3n) is 2.50.